The first kappa shape index (κ1) is 18.8. The SMILES string of the molecule is COC(=O)[C@H](C)[C@H]1c2cc(Br)ccc2OC(=O)[C@@H]1C(=O)N1CCOCC1. The summed E-state index contributed by atoms with van der Waals surface area (Å²) in [4.78, 5) is 39.6. The maximum atomic E-state index is 13.1. The fourth-order valence-corrected chi connectivity index (χ4v) is 3.87. The number of carbonyl (C=O) groups is 3. The number of methoxy groups -OCH3 is 1. The van der Waals surface area contributed by atoms with Crippen LogP contribution in [-0.2, 0) is 23.9 Å². The Hall–Kier alpha value is -1.93. The predicted molar refractivity (Wildman–Crippen MR) is 94.6 cm³/mol. The lowest BCUT2D eigenvalue weighted by Gasteiger charge is -2.37. The van der Waals surface area contributed by atoms with E-state index in [-0.39, 0.29) is 5.91 Å². The molecule has 1 fully saturated rings. The maximum Gasteiger partial charge on any atom is 0.324 e. The number of benzene rings is 1. The first-order valence-corrected chi connectivity index (χ1v) is 9.19. The van der Waals surface area contributed by atoms with Crippen LogP contribution in [-0.4, -0.2) is 56.2 Å². The maximum absolute atomic E-state index is 13.1. The van der Waals surface area contributed by atoms with Gasteiger partial charge in [-0.3, -0.25) is 14.4 Å². The summed E-state index contributed by atoms with van der Waals surface area (Å²) in [5.41, 5.74) is 0.642. The van der Waals surface area contributed by atoms with Crippen LogP contribution in [0.5, 0.6) is 5.75 Å². The second kappa shape index (κ2) is 7.75. The third kappa shape index (κ3) is 3.48. The lowest BCUT2D eigenvalue weighted by molar-refractivity contribution is -0.157. The number of hydrogen-bond donors (Lipinski definition) is 0. The van der Waals surface area contributed by atoms with E-state index in [1.54, 1.807) is 30.0 Å². The van der Waals surface area contributed by atoms with Crippen LogP contribution in [0.2, 0.25) is 0 Å². The summed E-state index contributed by atoms with van der Waals surface area (Å²) in [6.07, 6.45) is 0. The van der Waals surface area contributed by atoms with E-state index < -0.39 is 29.7 Å². The van der Waals surface area contributed by atoms with E-state index in [1.165, 1.54) is 7.11 Å². The van der Waals surface area contributed by atoms with Crippen LogP contribution in [0, 0.1) is 11.8 Å². The van der Waals surface area contributed by atoms with Crippen molar-refractivity contribution in [3.63, 3.8) is 0 Å². The average Bonchev–Trinajstić information content (AvgIpc) is 2.66. The summed E-state index contributed by atoms with van der Waals surface area (Å²) >= 11 is 3.40. The van der Waals surface area contributed by atoms with Crippen molar-refractivity contribution >= 4 is 33.8 Å². The number of esters is 2. The molecule has 0 aromatic heterocycles. The molecule has 7 nitrogen and oxygen atoms in total. The van der Waals surface area contributed by atoms with Crippen molar-refractivity contribution in [3.05, 3.63) is 28.2 Å². The van der Waals surface area contributed by atoms with E-state index in [1.807, 2.05) is 0 Å². The second-order valence-corrected chi connectivity index (χ2v) is 7.27. The Morgan fingerprint density at radius 3 is 2.65 bits per heavy atom. The first-order chi connectivity index (χ1) is 12.4. The van der Waals surface area contributed by atoms with Gasteiger partial charge in [-0.25, -0.2) is 0 Å². The van der Waals surface area contributed by atoms with Crippen molar-refractivity contribution < 1.29 is 28.6 Å². The van der Waals surface area contributed by atoms with Crippen LogP contribution in [0.4, 0.5) is 0 Å². The topological polar surface area (TPSA) is 82.1 Å². The molecule has 8 heteroatoms. The third-order valence-electron chi connectivity index (χ3n) is 4.86. The van der Waals surface area contributed by atoms with Crippen molar-refractivity contribution in [1.82, 2.24) is 4.90 Å². The number of amides is 1. The van der Waals surface area contributed by atoms with Gasteiger partial charge in [0.05, 0.1) is 26.2 Å². The van der Waals surface area contributed by atoms with Crippen LogP contribution in [0.1, 0.15) is 18.4 Å². The molecule has 0 bridgehead atoms. The number of ether oxygens (including phenoxy) is 3. The fraction of sp³-hybridized carbons (Fsp3) is 0.500. The molecular formula is C18H20BrNO6. The molecule has 1 aromatic rings. The van der Waals surface area contributed by atoms with Gasteiger partial charge in [0.25, 0.3) is 0 Å². The normalized spacial score (nSPS) is 23.7. The van der Waals surface area contributed by atoms with Gasteiger partial charge >= 0.3 is 11.9 Å². The minimum absolute atomic E-state index is 0.343. The molecule has 2 aliphatic rings. The van der Waals surface area contributed by atoms with Gasteiger partial charge in [-0.2, -0.15) is 0 Å². The standard InChI is InChI=1S/C18H20BrNO6/c1-10(17(22)24-2)14-12-9-11(19)3-4-13(12)26-18(23)15(14)16(21)20-5-7-25-8-6-20/h3-4,9-10,14-15H,5-8H2,1-2H3/t10-,14+,15+/m1/s1. The van der Waals surface area contributed by atoms with Crippen molar-refractivity contribution in [1.29, 1.82) is 0 Å². The molecular weight excluding hydrogens is 406 g/mol. The minimum Gasteiger partial charge on any atom is -0.469 e. The summed E-state index contributed by atoms with van der Waals surface area (Å²) < 4.78 is 16.3. The summed E-state index contributed by atoms with van der Waals surface area (Å²) in [5, 5.41) is 0. The van der Waals surface area contributed by atoms with E-state index in [2.05, 4.69) is 15.9 Å². The quantitative estimate of drug-likeness (QED) is 0.416. The summed E-state index contributed by atoms with van der Waals surface area (Å²) in [6.45, 7) is 3.33. The van der Waals surface area contributed by atoms with Crippen LogP contribution >= 0.6 is 15.9 Å². The number of fused-ring (bicyclic) bond motifs is 1. The smallest absolute Gasteiger partial charge is 0.324 e. The molecule has 0 unspecified atom stereocenters. The highest BCUT2D eigenvalue weighted by Gasteiger charge is 2.48. The van der Waals surface area contributed by atoms with Gasteiger partial charge in [-0.15, -0.1) is 0 Å². The number of hydrogen-bond acceptors (Lipinski definition) is 6. The van der Waals surface area contributed by atoms with Crippen molar-refractivity contribution in [2.45, 2.75) is 12.8 Å². The van der Waals surface area contributed by atoms with E-state index >= 15 is 0 Å². The van der Waals surface area contributed by atoms with Crippen molar-refractivity contribution in [3.8, 4) is 5.75 Å². The highest BCUT2D eigenvalue weighted by atomic mass is 79.9. The zero-order valence-electron chi connectivity index (χ0n) is 14.6. The lowest BCUT2D eigenvalue weighted by Crippen LogP contribution is -2.50. The van der Waals surface area contributed by atoms with Crippen molar-refractivity contribution in [2.75, 3.05) is 33.4 Å². The number of rotatable bonds is 3. The Morgan fingerprint density at radius 2 is 2.00 bits per heavy atom. The minimum atomic E-state index is -1.09. The third-order valence-corrected chi connectivity index (χ3v) is 5.35. The molecule has 0 spiro atoms. The molecule has 3 rings (SSSR count). The molecule has 0 radical (unpaired) electrons. The Kier molecular flexibility index (Phi) is 5.62. The average molecular weight is 426 g/mol. The monoisotopic (exact) mass is 425 g/mol. The molecule has 0 aliphatic carbocycles. The van der Waals surface area contributed by atoms with Gasteiger partial charge in [-0.1, -0.05) is 22.9 Å². The molecule has 1 saturated heterocycles. The Labute approximate surface area is 159 Å². The van der Waals surface area contributed by atoms with E-state index in [0.717, 1.165) is 4.47 Å². The Bertz CT molecular complexity index is 730. The summed E-state index contributed by atoms with van der Waals surface area (Å²) in [7, 11) is 1.29. The van der Waals surface area contributed by atoms with E-state index in [0.29, 0.717) is 37.6 Å². The van der Waals surface area contributed by atoms with Crippen molar-refractivity contribution in [2.24, 2.45) is 11.8 Å². The molecule has 0 N–H and O–H groups in total. The summed E-state index contributed by atoms with van der Waals surface area (Å²) in [6, 6.07) is 5.19. The van der Waals surface area contributed by atoms with Gasteiger partial charge in [0.2, 0.25) is 5.91 Å². The van der Waals surface area contributed by atoms with E-state index in [4.69, 9.17) is 14.2 Å². The molecule has 2 aliphatic heterocycles. The second-order valence-electron chi connectivity index (χ2n) is 6.36. The number of nitrogens with zero attached hydrogens (tertiary/aromatic N) is 1. The van der Waals surface area contributed by atoms with Gasteiger partial charge in [0, 0.05) is 29.0 Å². The largest absolute Gasteiger partial charge is 0.469 e. The molecule has 1 amide bonds. The highest BCUT2D eigenvalue weighted by Crippen LogP contribution is 2.44. The number of halogens is 1. The Morgan fingerprint density at radius 1 is 1.31 bits per heavy atom. The van der Waals surface area contributed by atoms with Crippen LogP contribution in [0.3, 0.4) is 0 Å². The van der Waals surface area contributed by atoms with Crippen LogP contribution in [0.15, 0.2) is 22.7 Å². The zero-order valence-corrected chi connectivity index (χ0v) is 16.2. The van der Waals surface area contributed by atoms with Crippen LogP contribution < -0.4 is 4.74 Å². The summed E-state index contributed by atoms with van der Waals surface area (Å²) in [5.74, 6) is -3.53. The van der Waals surface area contributed by atoms with Crippen LogP contribution in [0.25, 0.3) is 0 Å². The molecule has 3 atom stereocenters. The van der Waals surface area contributed by atoms with Gasteiger partial charge in [-0.05, 0) is 18.2 Å². The zero-order chi connectivity index (χ0) is 18.8. The predicted octanol–water partition coefficient (Wildman–Crippen LogP) is 1.74. The molecule has 0 saturated carbocycles. The fourth-order valence-electron chi connectivity index (χ4n) is 3.50. The molecule has 1 aromatic carbocycles. The van der Waals surface area contributed by atoms with Gasteiger partial charge < -0.3 is 19.1 Å². The Balaban J connectivity index is 2.03. The molecule has 2 heterocycles. The lowest BCUT2D eigenvalue weighted by atomic mass is 9.75. The number of carbonyl (C=O) groups excluding carboxylic acids is 3. The number of morpholine rings is 1. The molecule has 26 heavy (non-hydrogen) atoms. The highest BCUT2D eigenvalue weighted by molar-refractivity contribution is 9.10. The van der Waals surface area contributed by atoms with Gasteiger partial charge in [0.15, 0.2) is 0 Å². The van der Waals surface area contributed by atoms with E-state index in [9.17, 15) is 14.4 Å². The first-order valence-electron chi connectivity index (χ1n) is 8.39. The molecule has 140 valence electrons. The van der Waals surface area contributed by atoms with Gasteiger partial charge in [0.1, 0.15) is 11.7 Å².